The van der Waals surface area contributed by atoms with Gasteiger partial charge in [-0.1, -0.05) is 11.8 Å². The Labute approximate surface area is 111 Å². The van der Waals surface area contributed by atoms with Crippen molar-refractivity contribution in [2.75, 3.05) is 23.9 Å². The average molecular weight is 291 g/mol. The number of rotatable bonds is 5. The summed E-state index contributed by atoms with van der Waals surface area (Å²) in [5.74, 6) is 1.94. The van der Waals surface area contributed by atoms with Crippen LogP contribution >= 0.6 is 11.8 Å². The van der Waals surface area contributed by atoms with Gasteiger partial charge in [0, 0.05) is 25.3 Å². The molecule has 0 amide bonds. The molecular weight excluding hydrogens is 274 g/mol. The minimum Gasteiger partial charge on any atom is -0.396 e. The molecular formula is C10H17N3O3S2. The average Bonchev–Trinajstić information content (AvgIpc) is 2.83. The van der Waals surface area contributed by atoms with Gasteiger partial charge >= 0.3 is 0 Å². The summed E-state index contributed by atoms with van der Waals surface area (Å²) in [6.07, 6.45) is 1.35. The van der Waals surface area contributed by atoms with Crippen LogP contribution in [0.2, 0.25) is 0 Å². The van der Waals surface area contributed by atoms with Crippen LogP contribution in [0.4, 0.5) is 0 Å². The van der Waals surface area contributed by atoms with E-state index in [2.05, 4.69) is 10.2 Å². The monoisotopic (exact) mass is 291 g/mol. The highest BCUT2D eigenvalue weighted by atomic mass is 32.2. The highest BCUT2D eigenvalue weighted by molar-refractivity contribution is 7.99. The Morgan fingerprint density at radius 1 is 1.50 bits per heavy atom. The van der Waals surface area contributed by atoms with Crippen molar-refractivity contribution in [3.05, 3.63) is 5.82 Å². The molecule has 0 aliphatic carbocycles. The smallest absolute Gasteiger partial charge is 0.190 e. The standard InChI is InChI=1S/C10H17N3O3S2/c1-13-9(8-3-6-18(15,16)7-8)11-12-10(13)17-5-2-4-14/h8,14H,2-7H2,1H3/t8-/m1/s1. The quantitative estimate of drug-likeness (QED) is 0.616. The minimum absolute atomic E-state index is 0.0281. The van der Waals surface area contributed by atoms with Gasteiger partial charge in [0.15, 0.2) is 15.0 Å². The summed E-state index contributed by atoms with van der Waals surface area (Å²) >= 11 is 1.53. The first kappa shape index (κ1) is 13.8. The van der Waals surface area contributed by atoms with E-state index in [1.807, 2.05) is 11.6 Å². The Balaban J connectivity index is 2.06. The number of aromatic nitrogens is 3. The summed E-state index contributed by atoms with van der Waals surface area (Å²) in [6, 6.07) is 0. The molecule has 1 aromatic heterocycles. The van der Waals surface area contributed by atoms with E-state index in [0.717, 1.165) is 16.7 Å². The molecule has 102 valence electrons. The van der Waals surface area contributed by atoms with Crippen LogP contribution in [-0.4, -0.2) is 52.2 Å². The zero-order chi connectivity index (χ0) is 13.2. The summed E-state index contributed by atoms with van der Waals surface area (Å²) in [5.41, 5.74) is 0. The molecule has 0 radical (unpaired) electrons. The van der Waals surface area contributed by atoms with Crippen molar-refractivity contribution in [2.45, 2.75) is 23.9 Å². The van der Waals surface area contributed by atoms with E-state index in [1.165, 1.54) is 11.8 Å². The van der Waals surface area contributed by atoms with Crippen molar-refractivity contribution < 1.29 is 13.5 Å². The maximum absolute atomic E-state index is 11.5. The van der Waals surface area contributed by atoms with Crippen LogP contribution in [0.5, 0.6) is 0 Å². The van der Waals surface area contributed by atoms with Crippen LogP contribution in [0, 0.1) is 0 Å². The highest BCUT2D eigenvalue weighted by Gasteiger charge is 2.32. The number of aliphatic hydroxyl groups excluding tert-OH is 1. The number of hydrogen-bond acceptors (Lipinski definition) is 6. The van der Waals surface area contributed by atoms with Crippen LogP contribution in [0.3, 0.4) is 0 Å². The Morgan fingerprint density at radius 3 is 2.89 bits per heavy atom. The van der Waals surface area contributed by atoms with Crippen LogP contribution in [0.25, 0.3) is 0 Å². The van der Waals surface area contributed by atoms with Crippen LogP contribution in [0.1, 0.15) is 24.6 Å². The topological polar surface area (TPSA) is 85.1 Å². The van der Waals surface area contributed by atoms with E-state index < -0.39 is 9.84 Å². The molecule has 1 atom stereocenters. The predicted molar refractivity (Wildman–Crippen MR) is 69.4 cm³/mol. The SMILES string of the molecule is Cn1c(SCCCO)nnc1[C@@H]1CCS(=O)(=O)C1. The molecule has 1 N–H and O–H groups in total. The molecule has 2 rings (SSSR count). The van der Waals surface area contributed by atoms with Crippen molar-refractivity contribution in [2.24, 2.45) is 7.05 Å². The third-order valence-electron chi connectivity index (χ3n) is 3.00. The van der Waals surface area contributed by atoms with Crippen molar-refractivity contribution in [1.29, 1.82) is 0 Å². The van der Waals surface area contributed by atoms with Gasteiger partial charge in [-0.25, -0.2) is 8.42 Å². The molecule has 6 nitrogen and oxygen atoms in total. The lowest BCUT2D eigenvalue weighted by atomic mass is 10.1. The van der Waals surface area contributed by atoms with Crippen LogP contribution < -0.4 is 0 Å². The Hall–Kier alpha value is -0.600. The molecule has 2 heterocycles. The van der Waals surface area contributed by atoms with Crippen molar-refractivity contribution in [3.63, 3.8) is 0 Å². The van der Waals surface area contributed by atoms with E-state index in [-0.39, 0.29) is 24.0 Å². The normalized spacial score (nSPS) is 22.4. The second kappa shape index (κ2) is 5.58. The van der Waals surface area contributed by atoms with Gasteiger partial charge in [-0.3, -0.25) is 0 Å². The Kier molecular flexibility index (Phi) is 4.29. The van der Waals surface area contributed by atoms with Gasteiger partial charge < -0.3 is 9.67 Å². The van der Waals surface area contributed by atoms with E-state index in [0.29, 0.717) is 12.8 Å². The van der Waals surface area contributed by atoms with Gasteiger partial charge in [-0.15, -0.1) is 10.2 Å². The molecule has 1 aromatic rings. The fourth-order valence-electron chi connectivity index (χ4n) is 2.03. The maximum Gasteiger partial charge on any atom is 0.190 e. The molecule has 0 aromatic carbocycles. The molecule has 0 unspecified atom stereocenters. The molecule has 0 spiro atoms. The number of aliphatic hydroxyl groups is 1. The predicted octanol–water partition coefficient (Wildman–Crippen LogP) is 0.192. The summed E-state index contributed by atoms with van der Waals surface area (Å²) < 4.78 is 24.8. The fraction of sp³-hybridized carbons (Fsp3) is 0.800. The Morgan fingerprint density at radius 2 is 2.28 bits per heavy atom. The van der Waals surface area contributed by atoms with E-state index in [1.54, 1.807) is 0 Å². The zero-order valence-electron chi connectivity index (χ0n) is 10.2. The fourth-order valence-corrected chi connectivity index (χ4v) is 4.61. The minimum atomic E-state index is -2.89. The van der Waals surface area contributed by atoms with Crippen molar-refractivity contribution in [3.8, 4) is 0 Å². The van der Waals surface area contributed by atoms with Gasteiger partial charge in [0.1, 0.15) is 5.82 Å². The van der Waals surface area contributed by atoms with Gasteiger partial charge in [-0.05, 0) is 12.8 Å². The third kappa shape index (κ3) is 3.04. The van der Waals surface area contributed by atoms with Gasteiger partial charge in [-0.2, -0.15) is 0 Å². The lowest BCUT2D eigenvalue weighted by Crippen LogP contribution is -2.09. The molecule has 0 saturated carbocycles. The second-order valence-electron chi connectivity index (χ2n) is 4.43. The molecule has 1 saturated heterocycles. The van der Waals surface area contributed by atoms with Crippen molar-refractivity contribution >= 4 is 21.6 Å². The summed E-state index contributed by atoms with van der Waals surface area (Å²) in [5, 5.41) is 17.7. The first-order valence-corrected chi connectivity index (χ1v) is 8.67. The molecule has 8 heteroatoms. The third-order valence-corrected chi connectivity index (χ3v) is 5.87. The molecule has 1 fully saturated rings. The number of nitrogens with zero attached hydrogens (tertiary/aromatic N) is 3. The lowest BCUT2D eigenvalue weighted by Gasteiger charge is -2.07. The summed E-state index contributed by atoms with van der Waals surface area (Å²) in [7, 11) is -1.03. The van der Waals surface area contributed by atoms with Gasteiger partial charge in [0.2, 0.25) is 0 Å². The molecule has 1 aliphatic rings. The number of hydrogen-bond donors (Lipinski definition) is 1. The lowest BCUT2D eigenvalue weighted by molar-refractivity contribution is 0.296. The van der Waals surface area contributed by atoms with E-state index in [4.69, 9.17) is 5.11 Å². The van der Waals surface area contributed by atoms with Crippen LogP contribution in [-0.2, 0) is 16.9 Å². The molecule has 0 bridgehead atoms. The molecule has 18 heavy (non-hydrogen) atoms. The maximum atomic E-state index is 11.5. The largest absolute Gasteiger partial charge is 0.396 e. The zero-order valence-corrected chi connectivity index (χ0v) is 11.9. The Bertz CT molecular complexity index is 512. The first-order chi connectivity index (χ1) is 8.53. The van der Waals surface area contributed by atoms with Gasteiger partial charge in [0.05, 0.1) is 11.5 Å². The summed E-state index contributed by atoms with van der Waals surface area (Å²) in [6.45, 7) is 0.165. The second-order valence-corrected chi connectivity index (χ2v) is 7.72. The van der Waals surface area contributed by atoms with Gasteiger partial charge in [0.25, 0.3) is 0 Å². The molecule has 1 aliphatic heterocycles. The number of sulfone groups is 1. The summed E-state index contributed by atoms with van der Waals surface area (Å²) in [4.78, 5) is 0. The van der Waals surface area contributed by atoms with Crippen LogP contribution in [0.15, 0.2) is 5.16 Å². The number of thioether (sulfide) groups is 1. The first-order valence-electron chi connectivity index (χ1n) is 5.87. The van der Waals surface area contributed by atoms with E-state index >= 15 is 0 Å². The van der Waals surface area contributed by atoms with Crippen molar-refractivity contribution in [1.82, 2.24) is 14.8 Å². The highest BCUT2D eigenvalue weighted by Crippen LogP contribution is 2.29. The van der Waals surface area contributed by atoms with E-state index in [9.17, 15) is 8.42 Å².